The van der Waals surface area contributed by atoms with Crippen LogP contribution in [0.1, 0.15) is 18.9 Å². The fourth-order valence-electron chi connectivity index (χ4n) is 2.31. The Morgan fingerprint density at radius 3 is 2.10 bits per heavy atom. The minimum Gasteiger partial charge on any atom is -0.385 e. The first-order chi connectivity index (χ1) is 9.74. The predicted molar refractivity (Wildman–Crippen MR) is 83.8 cm³/mol. The lowest BCUT2D eigenvalue weighted by Gasteiger charge is -2.16. The molecule has 0 aliphatic carbocycles. The summed E-state index contributed by atoms with van der Waals surface area (Å²) in [7, 11) is 0. The zero-order valence-electron chi connectivity index (χ0n) is 11.5. The van der Waals surface area contributed by atoms with Crippen molar-refractivity contribution < 1.29 is 0 Å². The number of hydrogen-bond acceptors (Lipinski definition) is 3. The van der Waals surface area contributed by atoms with E-state index in [2.05, 4.69) is 53.5 Å². The average molecular weight is 263 g/mol. The summed E-state index contributed by atoms with van der Waals surface area (Å²) in [6.45, 7) is 2.08. The molecule has 0 fully saturated rings. The molecule has 3 rings (SSSR count). The van der Waals surface area contributed by atoms with E-state index in [4.69, 9.17) is 5.73 Å². The molecule has 3 nitrogen and oxygen atoms in total. The molecule has 100 valence electrons. The summed E-state index contributed by atoms with van der Waals surface area (Å²) in [4.78, 5) is 0. The summed E-state index contributed by atoms with van der Waals surface area (Å²) < 4.78 is 0. The van der Waals surface area contributed by atoms with Crippen molar-refractivity contribution in [3.63, 3.8) is 0 Å². The molecule has 0 bridgehead atoms. The van der Waals surface area contributed by atoms with Crippen LogP contribution in [-0.4, -0.2) is 11.5 Å². The fraction of sp³-hybridized carbons (Fsp3) is 0.176. The van der Waals surface area contributed by atoms with Crippen LogP contribution in [0.2, 0.25) is 0 Å². The second-order valence-corrected chi connectivity index (χ2v) is 5.12. The van der Waals surface area contributed by atoms with E-state index in [9.17, 15) is 0 Å². The topological polar surface area (TPSA) is 50.7 Å². The number of nitrogens with two attached hydrogens (primary N) is 1. The quantitative estimate of drug-likeness (QED) is 0.886. The van der Waals surface area contributed by atoms with Gasteiger partial charge in [-0.1, -0.05) is 61.5 Å². The van der Waals surface area contributed by atoms with Crippen LogP contribution in [0.3, 0.4) is 0 Å². The predicted octanol–water partition coefficient (Wildman–Crippen LogP) is 3.45. The van der Waals surface area contributed by atoms with Gasteiger partial charge in [0, 0.05) is 12.3 Å². The van der Waals surface area contributed by atoms with E-state index >= 15 is 0 Å². The molecule has 0 saturated carbocycles. The molecule has 1 aliphatic rings. The zero-order valence-corrected chi connectivity index (χ0v) is 11.5. The molecule has 1 heterocycles. The summed E-state index contributed by atoms with van der Waals surface area (Å²) in [6.07, 6.45) is 0.847. The molecule has 0 radical (unpaired) electrons. The summed E-state index contributed by atoms with van der Waals surface area (Å²) in [6, 6.07) is 18.8. The van der Waals surface area contributed by atoms with Gasteiger partial charge >= 0.3 is 0 Å². The Labute approximate surface area is 118 Å². The van der Waals surface area contributed by atoms with Crippen LogP contribution in [0.4, 0.5) is 0 Å². The Morgan fingerprint density at radius 2 is 1.45 bits per heavy atom. The van der Waals surface area contributed by atoms with Gasteiger partial charge in [-0.2, -0.15) is 5.10 Å². The average Bonchev–Trinajstić information content (AvgIpc) is 2.51. The molecule has 1 aliphatic heterocycles. The normalized spacial score (nSPS) is 18.4. The summed E-state index contributed by atoms with van der Waals surface area (Å²) in [5.74, 6) is 0.881. The highest BCUT2D eigenvalue weighted by atomic mass is 15.2. The number of benzene rings is 2. The second kappa shape index (κ2) is 5.29. The SMILES string of the molecule is CC1CC(c2ccc(-c3ccccc3)cc2)=NN=C1N. The third-order valence-electron chi connectivity index (χ3n) is 3.62. The van der Waals surface area contributed by atoms with Crippen molar-refractivity contribution in [3.8, 4) is 11.1 Å². The third kappa shape index (κ3) is 2.48. The number of nitrogens with zero attached hydrogens (tertiary/aromatic N) is 2. The van der Waals surface area contributed by atoms with Crippen LogP contribution < -0.4 is 5.73 Å². The van der Waals surface area contributed by atoms with Crippen molar-refractivity contribution in [2.45, 2.75) is 13.3 Å². The molecule has 0 aromatic heterocycles. The maximum atomic E-state index is 5.76. The lowest BCUT2D eigenvalue weighted by Crippen LogP contribution is -2.26. The monoisotopic (exact) mass is 263 g/mol. The Morgan fingerprint density at radius 1 is 0.850 bits per heavy atom. The first kappa shape index (κ1) is 12.6. The molecule has 2 aromatic rings. The molecule has 20 heavy (non-hydrogen) atoms. The summed E-state index contributed by atoms with van der Waals surface area (Å²) in [5.41, 5.74) is 10.3. The highest BCUT2D eigenvalue weighted by molar-refractivity contribution is 6.05. The van der Waals surface area contributed by atoms with E-state index in [1.807, 2.05) is 18.2 Å². The zero-order chi connectivity index (χ0) is 13.9. The molecule has 3 heteroatoms. The fourth-order valence-corrected chi connectivity index (χ4v) is 2.31. The molecule has 2 N–H and O–H groups in total. The number of hydrogen-bond donors (Lipinski definition) is 1. The highest BCUT2D eigenvalue weighted by Crippen LogP contribution is 2.21. The standard InChI is InChI=1S/C17H17N3/c1-12-11-16(19-20-17(12)18)15-9-7-14(8-10-15)13-5-3-2-4-6-13/h2-10,12H,11H2,1H3,(H2,18,20). The molecule has 1 unspecified atom stereocenters. The molecular formula is C17H17N3. The van der Waals surface area contributed by atoms with Gasteiger partial charge < -0.3 is 5.73 Å². The van der Waals surface area contributed by atoms with E-state index in [1.54, 1.807) is 0 Å². The Bertz CT molecular complexity index is 654. The van der Waals surface area contributed by atoms with E-state index in [0.29, 0.717) is 5.84 Å². The molecule has 0 saturated heterocycles. The minimum atomic E-state index is 0.260. The van der Waals surface area contributed by atoms with Gasteiger partial charge in [-0.15, -0.1) is 5.10 Å². The van der Waals surface area contributed by atoms with E-state index in [-0.39, 0.29) is 5.92 Å². The molecule has 0 spiro atoms. The van der Waals surface area contributed by atoms with Crippen LogP contribution >= 0.6 is 0 Å². The first-order valence-electron chi connectivity index (χ1n) is 6.80. The maximum Gasteiger partial charge on any atom is 0.125 e. The molecule has 2 aromatic carbocycles. The third-order valence-corrected chi connectivity index (χ3v) is 3.62. The van der Waals surface area contributed by atoms with Gasteiger partial charge in [-0.3, -0.25) is 0 Å². The van der Waals surface area contributed by atoms with Crippen LogP contribution in [0.5, 0.6) is 0 Å². The van der Waals surface area contributed by atoms with Gasteiger partial charge in [0.1, 0.15) is 5.84 Å². The van der Waals surface area contributed by atoms with Crippen molar-refractivity contribution in [2.24, 2.45) is 21.9 Å². The van der Waals surface area contributed by atoms with Crippen LogP contribution in [0, 0.1) is 5.92 Å². The summed E-state index contributed by atoms with van der Waals surface area (Å²) in [5, 5.41) is 8.24. The van der Waals surface area contributed by atoms with Crippen molar-refractivity contribution >= 4 is 11.5 Å². The maximum absolute atomic E-state index is 5.76. The lowest BCUT2D eigenvalue weighted by atomic mass is 9.95. The Hall–Kier alpha value is -2.42. The van der Waals surface area contributed by atoms with Crippen LogP contribution in [0.15, 0.2) is 64.8 Å². The van der Waals surface area contributed by atoms with E-state index < -0.39 is 0 Å². The first-order valence-corrected chi connectivity index (χ1v) is 6.80. The highest BCUT2D eigenvalue weighted by Gasteiger charge is 2.17. The van der Waals surface area contributed by atoms with E-state index in [0.717, 1.165) is 17.7 Å². The Kier molecular flexibility index (Phi) is 3.33. The van der Waals surface area contributed by atoms with Crippen molar-refractivity contribution in [1.29, 1.82) is 0 Å². The summed E-state index contributed by atoms with van der Waals surface area (Å²) >= 11 is 0. The molecule has 1 atom stereocenters. The van der Waals surface area contributed by atoms with Crippen molar-refractivity contribution in [1.82, 2.24) is 0 Å². The van der Waals surface area contributed by atoms with Crippen LogP contribution in [0.25, 0.3) is 11.1 Å². The largest absolute Gasteiger partial charge is 0.385 e. The van der Waals surface area contributed by atoms with Crippen molar-refractivity contribution in [2.75, 3.05) is 0 Å². The number of amidine groups is 1. The van der Waals surface area contributed by atoms with Gasteiger partial charge in [0.2, 0.25) is 0 Å². The number of rotatable bonds is 2. The lowest BCUT2D eigenvalue weighted by molar-refractivity contribution is 0.779. The molecule has 0 amide bonds. The minimum absolute atomic E-state index is 0.260. The van der Waals surface area contributed by atoms with Gasteiger partial charge in [-0.05, 0) is 16.7 Å². The van der Waals surface area contributed by atoms with Gasteiger partial charge in [0.15, 0.2) is 0 Å². The van der Waals surface area contributed by atoms with Gasteiger partial charge in [0.25, 0.3) is 0 Å². The smallest absolute Gasteiger partial charge is 0.125 e. The Balaban J connectivity index is 1.88. The van der Waals surface area contributed by atoms with Gasteiger partial charge in [0.05, 0.1) is 5.71 Å². The van der Waals surface area contributed by atoms with Crippen LogP contribution in [-0.2, 0) is 0 Å². The molecular weight excluding hydrogens is 246 g/mol. The van der Waals surface area contributed by atoms with E-state index in [1.165, 1.54) is 11.1 Å². The second-order valence-electron chi connectivity index (χ2n) is 5.12. The van der Waals surface area contributed by atoms with Gasteiger partial charge in [-0.25, -0.2) is 0 Å². The van der Waals surface area contributed by atoms with Crippen molar-refractivity contribution in [3.05, 3.63) is 60.2 Å².